The van der Waals surface area contributed by atoms with Gasteiger partial charge in [-0.3, -0.25) is 4.79 Å². The summed E-state index contributed by atoms with van der Waals surface area (Å²) in [6.07, 6.45) is -0.559. The molecule has 3 nitrogen and oxygen atoms in total. The van der Waals surface area contributed by atoms with Gasteiger partial charge in [0.15, 0.2) is 0 Å². The molecule has 0 unspecified atom stereocenters. The minimum absolute atomic E-state index is 0.0382. The molecule has 2 aromatic carbocycles. The summed E-state index contributed by atoms with van der Waals surface area (Å²) in [5, 5.41) is 10.4. The third-order valence-electron chi connectivity index (χ3n) is 3.28. The molecule has 0 spiro atoms. The van der Waals surface area contributed by atoms with Crippen molar-refractivity contribution >= 4 is 5.97 Å². The van der Waals surface area contributed by atoms with Crippen molar-refractivity contribution in [3.8, 4) is 5.75 Å². The van der Waals surface area contributed by atoms with Crippen LogP contribution >= 0.6 is 0 Å². The monoisotopic (exact) mass is 270 g/mol. The summed E-state index contributed by atoms with van der Waals surface area (Å²) in [7, 11) is 0. The lowest BCUT2D eigenvalue weighted by Gasteiger charge is -2.19. The van der Waals surface area contributed by atoms with E-state index in [1.807, 2.05) is 49.4 Å². The zero-order chi connectivity index (χ0) is 14.5. The summed E-state index contributed by atoms with van der Waals surface area (Å²) in [6, 6.07) is 16.8. The highest BCUT2D eigenvalue weighted by Crippen LogP contribution is 2.31. The Morgan fingerprint density at radius 1 is 1.00 bits per heavy atom. The fourth-order valence-electron chi connectivity index (χ4n) is 2.13. The van der Waals surface area contributed by atoms with Crippen LogP contribution in [-0.4, -0.2) is 11.1 Å². The van der Waals surface area contributed by atoms with Gasteiger partial charge in [-0.05, 0) is 23.3 Å². The van der Waals surface area contributed by atoms with Crippen LogP contribution in [0.5, 0.6) is 5.75 Å². The maximum absolute atomic E-state index is 10.9. The number of carbonyl (C=O) groups excluding carboxylic acids is 1. The van der Waals surface area contributed by atoms with E-state index >= 15 is 0 Å². The van der Waals surface area contributed by atoms with E-state index in [2.05, 4.69) is 0 Å². The van der Waals surface area contributed by atoms with Crippen molar-refractivity contribution in [1.82, 2.24) is 0 Å². The summed E-state index contributed by atoms with van der Waals surface area (Å²) in [5.74, 6) is 0.140. The van der Waals surface area contributed by atoms with Crippen LogP contribution in [0.1, 0.15) is 37.0 Å². The minimum atomic E-state index is -0.559. The Morgan fingerprint density at radius 3 is 2.15 bits per heavy atom. The fraction of sp³-hybridized carbons (Fsp3) is 0.235. The molecule has 0 amide bonds. The normalized spacial score (nSPS) is 13.6. The molecule has 0 saturated heterocycles. The number of hydrogen-bond donors (Lipinski definition) is 1. The van der Waals surface area contributed by atoms with Crippen LogP contribution in [0, 0.1) is 0 Å². The van der Waals surface area contributed by atoms with E-state index < -0.39 is 6.10 Å². The van der Waals surface area contributed by atoms with Crippen molar-refractivity contribution in [3.63, 3.8) is 0 Å². The molecule has 0 saturated carbocycles. The molecule has 0 bridgehead atoms. The Morgan fingerprint density at radius 2 is 1.60 bits per heavy atom. The Balaban J connectivity index is 2.13. The van der Waals surface area contributed by atoms with Gasteiger partial charge >= 0.3 is 5.97 Å². The van der Waals surface area contributed by atoms with Gasteiger partial charge in [0.05, 0.1) is 6.10 Å². The smallest absolute Gasteiger partial charge is 0.308 e. The molecule has 0 aromatic heterocycles. The van der Waals surface area contributed by atoms with Gasteiger partial charge in [0, 0.05) is 12.8 Å². The van der Waals surface area contributed by atoms with E-state index in [9.17, 15) is 9.90 Å². The van der Waals surface area contributed by atoms with E-state index in [1.54, 1.807) is 12.1 Å². The molecule has 0 fully saturated rings. The molecule has 0 radical (unpaired) electrons. The van der Waals surface area contributed by atoms with Crippen LogP contribution < -0.4 is 4.74 Å². The van der Waals surface area contributed by atoms with Crippen molar-refractivity contribution in [2.24, 2.45) is 0 Å². The molecule has 0 heterocycles. The number of esters is 1. The van der Waals surface area contributed by atoms with Gasteiger partial charge in [-0.1, -0.05) is 49.4 Å². The first-order valence-corrected chi connectivity index (χ1v) is 6.59. The number of aliphatic hydroxyl groups is 1. The van der Waals surface area contributed by atoms with E-state index in [-0.39, 0.29) is 11.9 Å². The van der Waals surface area contributed by atoms with Crippen LogP contribution in [0.3, 0.4) is 0 Å². The molecule has 2 aromatic rings. The van der Waals surface area contributed by atoms with E-state index in [0.717, 1.165) is 11.1 Å². The van der Waals surface area contributed by atoms with Crippen molar-refractivity contribution < 1.29 is 14.6 Å². The van der Waals surface area contributed by atoms with Crippen molar-refractivity contribution in [2.75, 3.05) is 0 Å². The zero-order valence-corrected chi connectivity index (χ0v) is 11.6. The largest absolute Gasteiger partial charge is 0.427 e. The summed E-state index contributed by atoms with van der Waals surface area (Å²) < 4.78 is 4.99. The van der Waals surface area contributed by atoms with Gasteiger partial charge in [-0.2, -0.15) is 0 Å². The molecule has 0 aliphatic heterocycles. The van der Waals surface area contributed by atoms with Crippen molar-refractivity contribution in [2.45, 2.75) is 25.9 Å². The SMILES string of the molecule is CC(=O)Oc1ccc([C@@H](C)[C@@H](O)c2ccccc2)cc1. The molecule has 3 heteroatoms. The predicted molar refractivity (Wildman–Crippen MR) is 77.6 cm³/mol. The van der Waals surface area contributed by atoms with Crippen LogP contribution in [0.15, 0.2) is 54.6 Å². The van der Waals surface area contributed by atoms with E-state index in [0.29, 0.717) is 5.75 Å². The molecule has 104 valence electrons. The first-order chi connectivity index (χ1) is 9.58. The lowest BCUT2D eigenvalue weighted by Crippen LogP contribution is -2.08. The number of hydrogen-bond acceptors (Lipinski definition) is 3. The highest BCUT2D eigenvalue weighted by Gasteiger charge is 2.17. The predicted octanol–water partition coefficient (Wildman–Crippen LogP) is 3.45. The molecular formula is C17H18O3. The van der Waals surface area contributed by atoms with Gasteiger partial charge in [0.25, 0.3) is 0 Å². The molecule has 20 heavy (non-hydrogen) atoms. The zero-order valence-electron chi connectivity index (χ0n) is 11.6. The second kappa shape index (κ2) is 6.35. The fourth-order valence-corrected chi connectivity index (χ4v) is 2.13. The molecule has 0 aliphatic rings. The standard InChI is InChI=1S/C17H18O3/c1-12(17(19)15-6-4-3-5-7-15)14-8-10-16(11-9-14)20-13(2)18/h3-12,17,19H,1-2H3/t12-,17-/m1/s1. The second-order valence-electron chi connectivity index (χ2n) is 4.81. The summed E-state index contributed by atoms with van der Waals surface area (Å²) in [4.78, 5) is 10.9. The Labute approximate surface area is 118 Å². The number of rotatable bonds is 4. The number of carbonyl (C=O) groups is 1. The average molecular weight is 270 g/mol. The third kappa shape index (κ3) is 3.45. The average Bonchev–Trinajstić information content (AvgIpc) is 2.47. The summed E-state index contributed by atoms with van der Waals surface area (Å²) in [6.45, 7) is 3.34. The minimum Gasteiger partial charge on any atom is -0.427 e. The molecule has 2 rings (SSSR count). The summed E-state index contributed by atoms with van der Waals surface area (Å²) in [5.41, 5.74) is 1.89. The van der Waals surface area contributed by atoms with Gasteiger partial charge in [-0.25, -0.2) is 0 Å². The number of aliphatic hydroxyl groups excluding tert-OH is 1. The number of ether oxygens (including phenoxy) is 1. The maximum atomic E-state index is 10.9. The quantitative estimate of drug-likeness (QED) is 0.683. The highest BCUT2D eigenvalue weighted by atomic mass is 16.5. The lowest BCUT2D eigenvalue weighted by atomic mass is 9.91. The van der Waals surface area contributed by atoms with Crippen LogP contribution in [0.4, 0.5) is 0 Å². The Hall–Kier alpha value is -2.13. The summed E-state index contributed by atoms with van der Waals surface area (Å²) >= 11 is 0. The molecule has 0 aliphatic carbocycles. The number of benzene rings is 2. The lowest BCUT2D eigenvalue weighted by molar-refractivity contribution is -0.131. The molecule has 1 N–H and O–H groups in total. The first-order valence-electron chi connectivity index (χ1n) is 6.59. The Bertz CT molecular complexity index is 561. The topological polar surface area (TPSA) is 46.5 Å². The van der Waals surface area contributed by atoms with Crippen molar-refractivity contribution in [1.29, 1.82) is 0 Å². The van der Waals surface area contributed by atoms with Crippen molar-refractivity contribution in [3.05, 3.63) is 65.7 Å². The molecular weight excluding hydrogens is 252 g/mol. The van der Waals surface area contributed by atoms with E-state index in [1.165, 1.54) is 6.92 Å². The molecule has 2 atom stereocenters. The van der Waals surface area contributed by atoms with Crippen LogP contribution in [0.2, 0.25) is 0 Å². The first kappa shape index (κ1) is 14.3. The van der Waals surface area contributed by atoms with Gasteiger partial charge < -0.3 is 9.84 Å². The van der Waals surface area contributed by atoms with E-state index in [4.69, 9.17) is 4.74 Å². The van der Waals surface area contributed by atoms with Crippen LogP contribution in [0.25, 0.3) is 0 Å². The second-order valence-corrected chi connectivity index (χ2v) is 4.81. The Kier molecular flexibility index (Phi) is 4.53. The van der Waals surface area contributed by atoms with Crippen LogP contribution in [-0.2, 0) is 4.79 Å². The third-order valence-corrected chi connectivity index (χ3v) is 3.28. The van der Waals surface area contributed by atoms with Gasteiger partial charge in [-0.15, -0.1) is 0 Å². The van der Waals surface area contributed by atoms with Gasteiger partial charge in [0.1, 0.15) is 5.75 Å². The maximum Gasteiger partial charge on any atom is 0.308 e. The van der Waals surface area contributed by atoms with Gasteiger partial charge in [0.2, 0.25) is 0 Å². The highest BCUT2D eigenvalue weighted by molar-refractivity contribution is 5.69.